The normalized spacial score (nSPS) is 11.2. The van der Waals surface area contributed by atoms with Crippen molar-refractivity contribution in [2.24, 2.45) is 4.99 Å². The Bertz CT molecular complexity index is 853. The van der Waals surface area contributed by atoms with Crippen LogP contribution in [-0.4, -0.2) is 50.0 Å². The average molecular weight is 398 g/mol. The van der Waals surface area contributed by atoms with Crippen LogP contribution in [-0.2, 0) is 14.3 Å². The van der Waals surface area contributed by atoms with Crippen molar-refractivity contribution in [1.82, 2.24) is 16.0 Å². The van der Waals surface area contributed by atoms with Crippen molar-refractivity contribution in [3.8, 4) is 18.5 Å². The van der Waals surface area contributed by atoms with E-state index in [0.29, 0.717) is 5.69 Å². The van der Waals surface area contributed by atoms with Crippen molar-refractivity contribution in [1.29, 1.82) is 5.26 Å². The van der Waals surface area contributed by atoms with Crippen LogP contribution < -0.4 is 21.3 Å². The van der Waals surface area contributed by atoms with Crippen molar-refractivity contribution in [2.75, 3.05) is 25.5 Å². The molecule has 0 fully saturated rings. The number of amides is 2. The second-order valence-electron chi connectivity index (χ2n) is 5.49. The molecule has 0 saturated heterocycles. The zero-order valence-corrected chi connectivity index (χ0v) is 16.1. The van der Waals surface area contributed by atoms with Crippen LogP contribution in [0.1, 0.15) is 23.7 Å². The van der Waals surface area contributed by atoms with Gasteiger partial charge >= 0.3 is 5.97 Å². The fourth-order valence-corrected chi connectivity index (χ4v) is 2.12. The molecular weight excluding hydrogens is 376 g/mol. The highest BCUT2D eigenvalue weighted by molar-refractivity contribution is 5.99. The minimum Gasteiger partial charge on any atom is -0.466 e. The summed E-state index contributed by atoms with van der Waals surface area (Å²) in [4.78, 5) is 39.5. The number of ether oxygens (including phenoxy) is 1. The van der Waals surface area contributed by atoms with Crippen LogP contribution in [0.4, 0.5) is 5.69 Å². The number of hydrogen-bond acceptors (Lipinski definition) is 6. The number of carbonyl (C=O) groups is 3. The van der Waals surface area contributed by atoms with Crippen molar-refractivity contribution in [3.63, 3.8) is 0 Å². The topological polar surface area (TPSA) is 145 Å². The fourth-order valence-electron chi connectivity index (χ4n) is 2.12. The SMILES string of the molecule is C#C[C@H](CC(=O)OCC)NC(=O)CNC(=O)c1cccc(NC(=NC)NC#N)c1. The van der Waals surface area contributed by atoms with E-state index in [4.69, 9.17) is 16.4 Å². The third kappa shape index (κ3) is 8.45. The molecule has 0 saturated carbocycles. The van der Waals surface area contributed by atoms with E-state index in [1.54, 1.807) is 31.3 Å². The largest absolute Gasteiger partial charge is 0.466 e. The zero-order chi connectivity index (χ0) is 21.6. The smallest absolute Gasteiger partial charge is 0.308 e. The van der Waals surface area contributed by atoms with Crippen molar-refractivity contribution in [2.45, 2.75) is 19.4 Å². The standard InChI is InChI=1S/C19H22N6O4/c1-4-14(10-17(27)29-5-2)24-16(26)11-22-18(28)13-7-6-8-15(9-13)25-19(21-3)23-12-20/h1,6-9,14H,5,10-11H2,2-3H3,(H,22,28)(H,24,26)(H2,21,23,25)/t14-/m1/s1. The monoisotopic (exact) mass is 398 g/mol. The van der Waals surface area contributed by atoms with Gasteiger partial charge in [-0.15, -0.1) is 6.42 Å². The summed E-state index contributed by atoms with van der Waals surface area (Å²) in [5, 5.41) is 18.8. The Morgan fingerprint density at radius 3 is 2.72 bits per heavy atom. The number of nitrogens with one attached hydrogen (secondary N) is 4. The Hall–Kier alpha value is -4.05. The van der Waals surface area contributed by atoms with Gasteiger partial charge in [0, 0.05) is 18.3 Å². The van der Waals surface area contributed by atoms with Gasteiger partial charge in [-0.1, -0.05) is 12.0 Å². The molecular formula is C19H22N6O4. The highest BCUT2D eigenvalue weighted by atomic mass is 16.5. The van der Waals surface area contributed by atoms with E-state index in [1.165, 1.54) is 13.1 Å². The summed E-state index contributed by atoms with van der Waals surface area (Å²) in [6, 6.07) is 5.57. The van der Waals surface area contributed by atoms with Crippen LogP contribution in [0.15, 0.2) is 29.3 Å². The molecule has 10 nitrogen and oxygen atoms in total. The lowest BCUT2D eigenvalue weighted by Crippen LogP contribution is -2.42. The molecule has 152 valence electrons. The first-order chi connectivity index (χ1) is 13.9. The number of benzene rings is 1. The number of guanidine groups is 1. The molecule has 4 N–H and O–H groups in total. The van der Waals surface area contributed by atoms with Crippen LogP contribution in [0.25, 0.3) is 0 Å². The van der Waals surface area contributed by atoms with Gasteiger partial charge in [0.25, 0.3) is 5.91 Å². The van der Waals surface area contributed by atoms with Crippen molar-refractivity contribution < 1.29 is 19.1 Å². The van der Waals surface area contributed by atoms with Gasteiger partial charge in [0.15, 0.2) is 6.19 Å². The first-order valence-electron chi connectivity index (χ1n) is 8.61. The van der Waals surface area contributed by atoms with Gasteiger partial charge in [0.1, 0.15) is 6.04 Å². The van der Waals surface area contributed by atoms with Crippen LogP contribution in [0, 0.1) is 23.8 Å². The van der Waals surface area contributed by atoms with Crippen molar-refractivity contribution >= 4 is 29.4 Å². The summed E-state index contributed by atoms with van der Waals surface area (Å²) in [5.41, 5.74) is 0.808. The molecule has 0 aliphatic carbocycles. The molecule has 10 heteroatoms. The average Bonchev–Trinajstić information content (AvgIpc) is 2.71. The summed E-state index contributed by atoms with van der Waals surface area (Å²) < 4.78 is 4.78. The predicted octanol–water partition coefficient (Wildman–Crippen LogP) is -0.0440. The lowest BCUT2D eigenvalue weighted by atomic mass is 10.2. The van der Waals surface area contributed by atoms with E-state index < -0.39 is 23.8 Å². The first-order valence-corrected chi connectivity index (χ1v) is 8.61. The minimum absolute atomic E-state index is 0.157. The van der Waals surface area contributed by atoms with E-state index in [1.807, 2.05) is 0 Å². The highest BCUT2D eigenvalue weighted by Gasteiger charge is 2.16. The summed E-state index contributed by atoms with van der Waals surface area (Å²) in [6.45, 7) is 1.55. The van der Waals surface area contributed by atoms with Gasteiger partial charge in [-0.3, -0.25) is 24.7 Å². The number of anilines is 1. The second kappa shape index (κ2) is 12.4. The molecule has 1 aromatic rings. The lowest BCUT2D eigenvalue weighted by molar-refractivity contribution is -0.143. The Kier molecular flexibility index (Phi) is 9.80. The van der Waals surface area contributed by atoms with Gasteiger partial charge in [0.05, 0.1) is 19.6 Å². The third-order valence-corrected chi connectivity index (χ3v) is 3.41. The fraction of sp³-hybridized carbons (Fsp3) is 0.316. The molecule has 0 aliphatic rings. The third-order valence-electron chi connectivity index (χ3n) is 3.41. The number of esters is 1. The van der Waals surface area contributed by atoms with E-state index in [-0.39, 0.29) is 31.1 Å². The quantitative estimate of drug-likeness (QED) is 0.120. The van der Waals surface area contributed by atoms with Crippen LogP contribution >= 0.6 is 0 Å². The highest BCUT2D eigenvalue weighted by Crippen LogP contribution is 2.10. The number of nitrogens with zero attached hydrogens (tertiary/aromatic N) is 2. The molecule has 0 aromatic heterocycles. The number of hydrogen-bond donors (Lipinski definition) is 4. The maximum atomic E-state index is 12.3. The molecule has 1 aromatic carbocycles. The second-order valence-corrected chi connectivity index (χ2v) is 5.49. The maximum absolute atomic E-state index is 12.3. The zero-order valence-electron chi connectivity index (χ0n) is 16.1. The summed E-state index contributed by atoms with van der Waals surface area (Å²) in [6.07, 6.45) is 6.88. The molecule has 0 bridgehead atoms. The van der Waals surface area contributed by atoms with Crippen LogP contribution in [0.5, 0.6) is 0 Å². The molecule has 1 atom stereocenters. The Balaban J connectivity index is 2.60. The Morgan fingerprint density at radius 2 is 2.10 bits per heavy atom. The minimum atomic E-state index is -0.828. The summed E-state index contributed by atoms with van der Waals surface area (Å²) >= 11 is 0. The molecule has 0 aliphatic heterocycles. The molecule has 0 heterocycles. The molecule has 1 rings (SSSR count). The van der Waals surface area contributed by atoms with E-state index in [2.05, 4.69) is 32.2 Å². The van der Waals surface area contributed by atoms with Gasteiger partial charge in [0.2, 0.25) is 11.9 Å². The van der Waals surface area contributed by atoms with Crippen molar-refractivity contribution in [3.05, 3.63) is 29.8 Å². The Morgan fingerprint density at radius 1 is 1.34 bits per heavy atom. The van der Waals surface area contributed by atoms with Crippen LogP contribution in [0.3, 0.4) is 0 Å². The summed E-state index contributed by atoms with van der Waals surface area (Å²) in [5.74, 6) is 0.946. The number of terminal acetylenes is 1. The molecule has 29 heavy (non-hydrogen) atoms. The molecule has 0 spiro atoms. The van der Waals surface area contributed by atoms with Gasteiger partial charge in [-0.25, -0.2) is 0 Å². The van der Waals surface area contributed by atoms with E-state index in [0.717, 1.165) is 0 Å². The van der Waals surface area contributed by atoms with Crippen LogP contribution in [0.2, 0.25) is 0 Å². The molecule has 0 unspecified atom stereocenters. The number of carbonyl (C=O) groups excluding carboxylic acids is 3. The van der Waals surface area contributed by atoms with E-state index in [9.17, 15) is 14.4 Å². The van der Waals surface area contributed by atoms with Gasteiger partial charge in [-0.05, 0) is 25.1 Å². The number of aliphatic imine (C=N–C) groups is 1. The van der Waals surface area contributed by atoms with Gasteiger partial charge < -0.3 is 20.7 Å². The van der Waals surface area contributed by atoms with Gasteiger partial charge in [-0.2, -0.15) is 5.26 Å². The first kappa shape index (κ1) is 23.0. The maximum Gasteiger partial charge on any atom is 0.308 e. The predicted molar refractivity (Wildman–Crippen MR) is 107 cm³/mol. The Labute approximate surface area is 168 Å². The lowest BCUT2D eigenvalue weighted by Gasteiger charge is -2.13. The number of nitriles is 1. The molecule has 0 radical (unpaired) electrons. The summed E-state index contributed by atoms with van der Waals surface area (Å²) in [7, 11) is 1.49. The van der Waals surface area contributed by atoms with E-state index >= 15 is 0 Å². The molecule has 2 amide bonds. The number of rotatable bonds is 8.